The van der Waals surface area contributed by atoms with Crippen molar-refractivity contribution in [2.45, 2.75) is 11.5 Å². The molecule has 3 rings (SSSR count). The maximum absolute atomic E-state index is 12.2. The summed E-state index contributed by atoms with van der Waals surface area (Å²) in [6.07, 6.45) is 0. The Hall–Kier alpha value is -2.46. The Balaban J connectivity index is 1.66. The van der Waals surface area contributed by atoms with Crippen LogP contribution in [0.3, 0.4) is 0 Å². The van der Waals surface area contributed by atoms with Gasteiger partial charge in [-0.05, 0) is 30.3 Å². The molecule has 2 aromatic carbocycles. The minimum atomic E-state index is -3.95. The van der Waals surface area contributed by atoms with Crippen LogP contribution >= 0.6 is 22.9 Å². The predicted molar refractivity (Wildman–Crippen MR) is 104 cm³/mol. The Morgan fingerprint density at radius 2 is 1.96 bits per heavy atom. The van der Waals surface area contributed by atoms with E-state index in [4.69, 9.17) is 21.5 Å². The van der Waals surface area contributed by atoms with Gasteiger partial charge in [-0.3, -0.25) is 0 Å². The molecule has 1 aromatic heterocycles. The molecule has 0 radical (unpaired) electrons. The van der Waals surface area contributed by atoms with E-state index in [0.717, 1.165) is 11.8 Å². The Bertz CT molecular complexity index is 1070. The average Bonchev–Trinajstić information content (AvgIpc) is 3.07. The second-order valence-corrected chi connectivity index (χ2v) is 8.22. The molecule has 1 heterocycles. The second kappa shape index (κ2) is 8.05. The molecule has 10 heteroatoms. The van der Waals surface area contributed by atoms with Crippen LogP contribution < -0.4 is 10.5 Å². The number of thiazole rings is 1. The number of hydrogen-bond acceptors (Lipinski definition) is 7. The molecule has 0 saturated heterocycles. The summed E-state index contributed by atoms with van der Waals surface area (Å²) >= 11 is 7.32. The van der Waals surface area contributed by atoms with Gasteiger partial charge in [0.2, 0.25) is 10.0 Å². The fraction of sp³-hybridized carbons (Fsp3) is 0.0588. The van der Waals surface area contributed by atoms with Gasteiger partial charge in [0.15, 0.2) is 5.13 Å². The van der Waals surface area contributed by atoms with Gasteiger partial charge in [-0.25, -0.2) is 23.3 Å². The number of ether oxygens (including phenoxy) is 1. The number of nitrogens with one attached hydrogen (secondary N) is 1. The Morgan fingerprint density at radius 1 is 1.22 bits per heavy atom. The zero-order chi connectivity index (χ0) is 19.4. The molecule has 0 aliphatic heterocycles. The quantitative estimate of drug-likeness (QED) is 0.586. The Morgan fingerprint density at radius 3 is 2.67 bits per heavy atom. The van der Waals surface area contributed by atoms with Crippen molar-refractivity contribution in [2.75, 3.05) is 5.32 Å². The number of sulfonamides is 1. The van der Waals surface area contributed by atoms with Crippen LogP contribution in [-0.2, 0) is 21.4 Å². The molecule has 0 bridgehead atoms. The summed E-state index contributed by atoms with van der Waals surface area (Å²) in [5, 5.41) is 10.7. The molecule has 0 fully saturated rings. The van der Waals surface area contributed by atoms with Crippen molar-refractivity contribution in [2.24, 2.45) is 5.14 Å². The van der Waals surface area contributed by atoms with E-state index < -0.39 is 16.0 Å². The smallest absolute Gasteiger partial charge is 0.340 e. The van der Waals surface area contributed by atoms with Crippen LogP contribution in [-0.4, -0.2) is 19.4 Å². The molecule has 0 aliphatic rings. The highest BCUT2D eigenvalue weighted by molar-refractivity contribution is 7.89. The highest BCUT2D eigenvalue weighted by Crippen LogP contribution is 2.23. The number of carbonyl (C=O) groups is 1. The summed E-state index contributed by atoms with van der Waals surface area (Å²) in [6, 6.07) is 13.1. The number of aromatic nitrogens is 1. The first kappa shape index (κ1) is 19.3. The van der Waals surface area contributed by atoms with Gasteiger partial charge in [0.05, 0.1) is 21.2 Å². The zero-order valence-corrected chi connectivity index (χ0v) is 16.1. The van der Waals surface area contributed by atoms with Crippen LogP contribution in [0.25, 0.3) is 0 Å². The monoisotopic (exact) mass is 423 g/mol. The Labute approximate surface area is 164 Å². The number of primary sulfonamides is 1. The fourth-order valence-electron chi connectivity index (χ4n) is 2.13. The molecule has 27 heavy (non-hydrogen) atoms. The molecule has 0 unspecified atom stereocenters. The topological polar surface area (TPSA) is 111 Å². The lowest BCUT2D eigenvalue weighted by Crippen LogP contribution is -2.14. The van der Waals surface area contributed by atoms with Gasteiger partial charge in [-0.1, -0.05) is 29.8 Å². The summed E-state index contributed by atoms with van der Waals surface area (Å²) < 4.78 is 28.0. The molecule has 3 N–H and O–H groups in total. The number of benzene rings is 2. The van der Waals surface area contributed by atoms with Gasteiger partial charge in [-0.15, -0.1) is 11.3 Å². The third kappa shape index (κ3) is 5.04. The number of hydrogen-bond donors (Lipinski definition) is 2. The fourth-order valence-corrected chi connectivity index (χ4v) is 3.58. The molecule has 0 amide bonds. The molecule has 0 atom stereocenters. The third-order valence-corrected chi connectivity index (χ3v) is 5.46. The number of nitrogens with two attached hydrogens (primary N) is 1. The van der Waals surface area contributed by atoms with Crippen LogP contribution in [0.2, 0.25) is 5.02 Å². The highest BCUT2D eigenvalue weighted by Gasteiger charge is 2.17. The molecule has 0 aliphatic carbocycles. The van der Waals surface area contributed by atoms with Crippen LogP contribution in [0.15, 0.2) is 58.8 Å². The molecule has 3 aromatic rings. The normalized spacial score (nSPS) is 11.2. The number of nitrogens with zero attached hydrogens (tertiary/aromatic N) is 1. The van der Waals surface area contributed by atoms with Crippen LogP contribution in [0.5, 0.6) is 0 Å². The number of anilines is 2. The minimum absolute atomic E-state index is 0.0668. The van der Waals surface area contributed by atoms with E-state index >= 15 is 0 Å². The lowest BCUT2D eigenvalue weighted by atomic mass is 10.2. The van der Waals surface area contributed by atoms with Crippen molar-refractivity contribution >= 4 is 49.7 Å². The maximum atomic E-state index is 12.2. The Kier molecular flexibility index (Phi) is 5.76. The van der Waals surface area contributed by atoms with E-state index in [1.807, 2.05) is 30.3 Å². The van der Waals surface area contributed by atoms with E-state index in [2.05, 4.69) is 10.3 Å². The first-order valence-corrected chi connectivity index (χ1v) is 10.4. The van der Waals surface area contributed by atoms with E-state index in [0.29, 0.717) is 10.8 Å². The molecular weight excluding hydrogens is 410 g/mol. The number of rotatable bonds is 6. The van der Waals surface area contributed by atoms with Gasteiger partial charge < -0.3 is 10.1 Å². The van der Waals surface area contributed by atoms with Crippen molar-refractivity contribution in [1.82, 2.24) is 4.98 Å². The van der Waals surface area contributed by atoms with Crippen molar-refractivity contribution < 1.29 is 17.9 Å². The van der Waals surface area contributed by atoms with E-state index in [1.165, 1.54) is 23.5 Å². The molecule has 140 valence electrons. The molecule has 0 spiro atoms. The number of halogens is 1. The highest BCUT2D eigenvalue weighted by atomic mass is 35.5. The second-order valence-electron chi connectivity index (χ2n) is 5.40. The van der Waals surface area contributed by atoms with Gasteiger partial charge in [0.25, 0.3) is 0 Å². The summed E-state index contributed by atoms with van der Waals surface area (Å²) in [7, 11) is -3.95. The first-order valence-electron chi connectivity index (χ1n) is 7.59. The average molecular weight is 424 g/mol. The standard InChI is InChI=1S/C17H14ClN3O4S2/c18-15-7-6-13(27(19,23)24)8-14(15)16(22)25-9-12-10-26-17(21-12)20-11-4-2-1-3-5-11/h1-8,10H,9H2,(H,20,21)(H2,19,23,24). The largest absolute Gasteiger partial charge is 0.456 e. The van der Waals surface area contributed by atoms with E-state index in [9.17, 15) is 13.2 Å². The predicted octanol–water partition coefficient (Wildman–Crippen LogP) is 3.54. The lowest BCUT2D eigenvalue weighted by Gasteiger charge is -2.07. The van der Waals surface area contributed by atoms with Gasteiger partial charge in [-0.2, -0.15) is 0 Å². The van der Waals surface area contributed by atoms with Gasteiger partial charge in [0, 0.05) is 11.1 Å². The SMILES string of the molecule is NS(=O)(=O)c1ccc(Cl)c(C(=O)OCc2csc(Nc3ccccc3)n2)c1. The van der Waals surface area contributed by atoms with Crippen molar-refractivity contribution in [3.63, 3.8) is 0 Å². The number of carbonyl (C=O) groups excluding carboxylic acids is 1. The summed E-state index contributed by atoms with van der Waals surface area (Å²) in [5.41, 5.74) is 1.36. The summed E-state index contributed by atoms with van der Waals surface area (Å²) in [5.74, 6) is -0.768. The molecular formula is C17H14ClN3O4S2. The summed E-state index contributed by atoms with van der Waals surface area (Å²) in [6.45, 7) is -0.0816. The zero-order valence-electron chi connectivity index (χ0n) is 13.8. The number of para-hydroxylation sites is 1. The molecule has 0 saturated carbocycles. The third-order valence-electron chi connectivity index (χ3n) is 3.41. The lowest BCUT2D eigenvalue weighted by molar-refractivity contribution is 0.0468. The van der Waals surface area contributed by atoms with Crippen molar-refractivity contribution in [3.8, 4) is 0 Å². The van der Waals surface area contributed by atoms with Crippen LogP contribution in [0.1, 0.15) is 16.1 Å². The number of esters is 1. The molecule has 7 nitrogen and oxygen atoms in total. The van der Waals surface area contributed by atoms with Gasteiger partial charge >= 0.3 is 5.97 Å². The first-order chi connectivity index (χ1) is 12.8. The van der Waals surface area contributed by atoms with Crippen molar-refractivity contribution in [1.29, 1.82) is 0 Å². The maximum Gasteiger partial charge on any atom is 0.340 e. The summed E-state index contributed by atoms with van der Waals surface area (Å²) in [4.78, 5) is 16.3. The van der Waals surface area contributed by atoms with Crippen molar-refractivity contribution in [3.05, 3.63) is 70.2 Å². The van der Waals surface area contributed by atoms with E-state index in [-0.39, 0.29) is 22.1 Å². The van der Waals surface area contributed by atoms with Crippen LogP contribution in [0, 0.1) is 0 Å². The minimum Gasteiger partial charge on any atom is -0.456 e. The van der Waals surface area contributed by atoms with Gasteiger partial charge in [0.1, 0.15) is 6.61 Å². The van der Waals surface area contributed by atoms with E-state index in [1.54, 1.807) is 5.38 Å². The van der Waals surface area contributed by atoms with Crippen LogP contribution in [0.4, 0.5) is 10.8 Å².